The summed E-state index contributed by atoms with van der Waals surface area (Å²) in [5.41, 5.74) is 2.66. The van der Waals surface area contributed by atoms with E-state index >= 15 is 0 Å². The van der Waals surface area contributed by atoms with Crippen LogP contribution in [0, 0.1) is 6.92 Å². The Morgan fingerprint density at radius 1 is 1.47 bits per heavy atom. The molecular formula is C14H17N3O2. The highest BCUT2D eigenvalue weighted by Crippen LogP contribution is 2.18. The van der Waals surface area contributed by atoms with Gasteiger partial charge in [-0.2, -0.15) is 5.10 Å². The second kappa shape index (κ2) is 5.24. The summed E-state index contributed by atoms with van der Waals surface area (Å²) in [5.74, 6) is -0.201. The van der Waals surface area contributed by atoms with Crippen LogP contribution in [0.2, 0.25) is 0 Å². The van der Waals surface area contributed by atoms with Crippen LogP contribution in [0.3, 0.4) is 0 Å². The third kappa shape index (κ3) is 3.00. The molecule has 19 heavy (non-hydrogen) atoms. The zero-order valence-electron chi connectivity index (χ0n) is 11.2. The van der Waals surface area contributed by atoms with Crippen LogP contribution in [0.1, 0.15) is 34.6 Å². The lowest BCUT2D eigenvalue weighted by molar-refractivity contribution is 0.102. The summed E-state index contributed by atoms with van der Waals surface area (Å²) in [7, 11) is 1.78. The van der Waals surface area contributed by atoms with Gasteiger partial charge in [0, 0.05) is 18.9 Å². The molecule has 0 aliphatic heterocycles. The van der Waals surface area contributed by atoms with Gasteiger partial charge < -0.3 is 10.4 Å². The topological polar surface area (TPSA) is 67.2 Å². The minimum Gasteiger partial charge on any atom is -0.389 e. The number of aliphatic hydroxyl groups excluding tert-OH is 1. The van der Waals surface area contributed by atoms with Crippen molar-refractivity contribution in [2.45, 2.75) is 20.0 Å². The molecule has 2 aromatic rings. The van der Waals surface area contributed by atoms with E-state index in [9.17, 15) is 9.90 Å². The molecule has 0 bridgehead atoms. The Kier molecular flexibility index (Phi) is 3.66. The van der Waals surface area contributed by atoms with Gasteiger partial charge in [0.25, 0.3) is 5.91 Å². The zero-order chi connectivity index (χ0) is 14.0. The lowest BCUT2D eigenvalue weighted by Gasteiger charge is -2.08. The van der Waals surface area contributed by atoms with Crippen LogP contribution in [-0.4, -0.2) is 20.8 Å². The summed E-state index contributed by atoms with van der Waals surface area (Å²) in [4.78, 5) is 12.1. The molecule has 2 rings (SSSR count). The van der Waals surface area contributed by atoms with Gasteiger partial charge in [0.05, 0.1) is 17.4 Å². The number of hydrogen-bond donors (Lipinski definition) is 2. The molecule has 1 amide bonds. The van der Waals surface area contributed by atoms with E-state index in [0.717, 1.165) is 5.56 Å². The minimum absolute atomic E-state index is 0.201. The molecule has 5 heteroatoms. The molecule has 5 nitrogen and oxygen atoms in total. The average molecular weight is 259 g/mol. The van der Waals surface area contributed by atoms with E-state index in [0.29, 0.717) is 16.9 Å². The number of carbonyl (C=O) groups excluding carboxylic acids is 1. The molecule has 0 radical (unpaired) electrons. The quantitative estimate of drug-likeness (QED) is 0.886. The van der Waals surface area contributed by atoms with Crippen LogP contribution < -0.4 is 5.32 Å². The number of aromatic nitrogens is 2. The largest absolute Gasteiger partial charge is 0.389 e. The molecule has 1 aromatic carbocycles. The third-order valence-electron chi connectivity index (χ3n) is 2.88. The summed E-state index contributed by atoms with van der Waals surface area (Å²) in [6.07, 6.45) is 1.13. The lowest BCUT2D eigenvalue weighted by atomic mass is 10.1. The van der Waals surface area contributed by atoms with Gasteiger partial charge in [0.15, 0.2) is 0 Å². The van der Waals surface area contributed by atoms with Gasteiger partial charge in [-0.1, -0.05) is 12.1 Å². The van der Waals surface area contributed by atoms with E-state index in [4.69, 9.17) is 0 Å². The summed E-state index contributed by atoms with van der Waals surface area (Å²) in [6, 6.07) is 7.16. The fourth-order valence-corrected chi connectivity index (χ4v) is 1.90. The Morgan fingerprint density at radius 3 is 2.79 bits per heavy atom. The Balaban J connectivity index is 2.19. The second-order valence-electron chi connectivity index (χ2n) is 4.56. The number of benzene rings is 1. The number of amides is 1. The molecule has 0 fully saturated rings. The number of nitrogens with one attached hydrogen (secondary N) is 1. The van der Waals surface area contributed by atoms with E-state index in [-0.39, 0.29) is 5.91 Å². The maximum Gasteiger partial charge on any atom is 0.259 e. The number of hydrogen-bond acceptors (Lipinski definition) is 3. The van der Waals surface area contributed by atoms with Crippen molar-refractivity contribution in [3.8, 4) is 0 Å². The average Bonchev–Trinajstić information content (AvgIpc) is 2.69. The summed E-state index contributed by atoms with van der Waals surface area (Å²) in [5, 5.41) is 16.5. The van der Waals surface area contributed by atoms with E-state index < -0.39 is 6.10 Å². The number of aryl methyl sites for hydroxylation is 2. The first-order chi connectivity index (χ1) is 8.97. The van der Waals surface area contributed by atoms with Crippen LogP contribution in [0.15, 0.2) is 30.5 Å². The highest BCUT2D eigenvalue weighted by molar-refractivity contribution is 6.04. The molecule has 1 atom stereocenters. The van der Waals surface area contributed by atoms with Crippen molar-refractivity contribution >= 4 is 11.6 Å². The molecule has 0 spiro atoms. The highest BCUT2D eigenvalue weighted by atomic mass is 16.3. The van der Waals surface area contributed by atoms with Gasteiger partial charge in [-0.3, -0.25) is 9.48 Å². The Hall–Kier alpha value is -2.14. The predicted molar refractivity (Wildman–Crippen MR) is 73.0 cm³/mol. The monoisotopic (exact) mass is 259 g/mol. The Labute approximate surface area is 111 Å². The normalized spacial score (nSPS) is 12.2. The van der Waals surface area contributed by atoms with E-state index in [1.54, 1.807) is 50.0 Å². The van der Waals surface area contributed by atoms with Gasteiger partial charge in [0.2, 0.25) is 0 Å². The molecule has 2 N–H and O–H groups in total. The molecule has 1 heterocycles. The summed E-state index contributed by atoms with van der Waals surface area (Å²) < 4.78 is 1.61. The van der Waals surface area contributed by atoms with Gasteiger partial charge in [-0.15, -0.1) is 0 Å². The van der Waals surface area contributed by atoms with Crippen molar-refractivity contribution in [2.75, 3.05) is 5.32 Å². The van der Waals surface area contributed by atoms with E-state index in [1.807, 2.05) is 6.07 Å². The Bertz CT molecular complexity index is 602. The van der Waals surface area contributed by atoms with Crippen molar-refractivity contribution in [2.24, 2.45) is 7.05 Å². The maximum absolute atomic E-state index is 12.1. The van der Waals surface area contributed by atoms with Crippen LogP contribution in [-0.2, 0) is 7.05 Å². The van der Waals surface area contributed by atoms with Gasteiger partial charge in [0.1, 0.15) is 0 Å². The molecule has 1 aromatic heterocycles. The number of anilines is 1. The fraction of sp³-hybridized carbons (Fsp3) is 0.286. The highest BCUT2D eigenvalue weighted by Gasteiger charge is 2.13. The van der Waals surface area contributed by atoms with Gasteiger partial charge >= 0.3 is 0 Å². The molecule has 0 saturated heterocycles. The third-order valence-corrected chi connectivity index (χ3v) is 2.88. The molecule has 0 saturated carbocycles. The molecule has 100 valence electrons. The number of rotatable bonds is 3. The second-order valence-corrected chi connectivity index (χ2v) is 4.56. The van der Waals surface area contributed by atoms with Crippen LogP contribution in [0.4, 0.5) is 5.69 Å². The van der Waals surface area contributed by atoms with Crippen molar-refractivity contribution < 1.29 is 9.90 Å². The number of carbonyl (C=O) groups is 1. The first-order valence-corrected chi connectivity index (χ1v) is 6.07. The van der Waals surface area contributed by atoms with Crippen LogP contribution >= 0.6 is 0 Å². The summed E-state index contributed by atoms with van der Waals surface area (Å²) in [6.45, 7) is 3.48. The van der Waals surface area contributed by atoms with Crippen molar-refractivity contribution in [1.29, 1.82) is 0 Å². The lowest BCUT2D eigenvalue weighted by Crippen LogP contribution is -2.12. The van der Waals surface area contributed by atoms with Crippen molar-refractivity contribution in [1.82, 2.24) is 9.78 Å². The Morgan fingerprint density at radius 2 is 2.21 bits per heavy atom. The van der Waals surface area contributed by atoms with Gasteiger partial charge in [-0.05, 0) is 31.5 Å². The minimum atomic E-state index is -0.558. The van der Waals surface area contributed by atoms with E-state index in [2.05, 4.69) is 10.4 Å². The van der Waals surface area contributed by atoms with Gasteiger partial charge in [-0.25, -0.2) is 0 Å². The molecular weight excluding hydrogens is 242 g/mol. The molecule has 0 aliphatic carbocycles. The van der Waals surface area contributed by atoms with Crippen LogP contribution in [0.5, 0.6) is 0 Å². The molecule has 0 aliphatic rings. The van der Waals surface area contributed by atoms with Crippen LogP contribution in [0.25, 0.3) is 0 Å². The summed E-state index contributed by atoms with van der Waals surface area (Å²) >= 11 is 0. The first-order valence-electron chi connectivity index (χ1n) is 6.07. The SMILES string of the molecule is Cc1nn(C)cc1C(=O)Nc1cccc(C(C)O)c1. The standard InChI is InChI=1S/C14H17N3O2/c1-9-13(8-17(3)16-9)14(19)15-12-6-4-5-11(7-12)10(2)18/h4-8,10,18H,1-3H3,(H,15,19). The maximum atomic E-state index is 12.1. The van der Waals surface area contributed by atoms with E-state index in [1.165, 1.54) is 0 Å². The first kappa shape index (κ1) is 13.3. The number of aliphatic hydroxyl groups is 1. The molecule has 1 unspecified atom stereocenters. The smallest absolute Gasteiger partial charge is 0.259 e. The number of nitrogens with zero attached hydrogens (tertiary/aromatic N) is 2. The zero-order valence-corrected chi connectivity index (χ0v) is 11.2. The fourth-order valence-electron chi connectivity index (χ4n) is 1.90. The van der Waals surface area contributed by atoms with Crippen molar-refractivity contribution in [3.05, 3.63) is 47.3 Å². The predicted octanol–water partition coefficient (Wildman–Crippen LogP) is 2.03. The van der Waals surface area contributed by atoms with Crippen molar-refractivity contribution in [3.63, 3.8) is 0 Å².